The lowest BCUT2D eigenvalue weighted by Gasteiger charge is -2.50. The van der Waals surface area contributed by atoms with Gasteiger partial charge in [0.2, 0.25) is 35.4 Å². The van der Waals surface area contributed by atoms with Crippen molar-refractivity contribution in [3.05, 3.63) is 199 Å². The van der Waals surface area contributed by atoms with Gasteiger partial charge in [-0.15, -0.1) is 0 Å². The summed E-state index contributed by atoms with van der Waals surface area (Å²) >= 11 is 4.24. The van der Waals surface area contributed by atoms with E-state index in [1.54, 1.807) is 156 Å². The predicted molar refractivity (Wildman–Crippen MR) is 539 cm³/mol. The molecule has 0 spiro atoms. The van der Waals surface area contributed by atoms with Crippen molar-refractivity contribution in [2.24, 2.45) is 0 Å². The first-order valence-corrected chi connectivity index (χ1v) is 57.2. The highest BCUT2D eigenvalue weighted by Crippen LogP contribution is 2.63. The van der Waals surface area contributed by atoms with Crippen molar-refractivity contribution >= 4 is 112 Å². The third-order valence-corrected chi connectivity index (χ3v) is 30.9. The number of nitriles is 2. The van der Waals surface area contributed by atoms with Gasteiger partial charge in [-0.25, -0.2) is 23.9 Å². The summed E-state index contributed by atoms with van der Waals surface area (Å²) < 4.78 is 121. The molecule has 14 atom stereocenters. The molecule has 0 N–H and O–H groups in total. The van der Waals surface area contributed by atoms with Gasteiger partial charge in [-0.1, -0.05) is 24.3 Å². The zero-order valence-corrected chi connectivity index (χ0v) is 88.2. The van der Waals surface area contributed by atoms with Crippen molar-refractivity contribution < 1.29 is 108 Å². The number of carbonyl (C=O) groups excluding carboxylic acids is 6. The molecule has 0 aromatic heterocycles. The van der Waals surface area contributed by atoms with E-state index in [9.17, 15) is 39.3 Å². The number of ether oxygens (including phenoxy) is 10. The molecule has 12 heterocycles. The molecule has 0 bridgehead atoms. The van der Waals surface area contributed by atoms with Crippen molar-refractivity contribution in [3.63, 3.8) is 0 Å². The molecule has 143 heavy (non-hydrogen) atoms. The Balaban J connectivity index is 0.000000202. The Bertz CT molecular complexity index is 5950. The van der Waals surface area contributed by atoms with Crippen molar-refractivity contribution in [3.8, 4) is 46.6 Å². The maximum Gasteiger partial charge on any atom is 0.475 e. The highest BCUT2D eigenvalue weighted by Gasteiger charge is 2.61. The van der Waals surface area contributed by atoms with Gasteiger partial charge in [0, 0.05) is 148 Å². The Kier molecular flexibility index (Phi) is 32.2. The fraction of sp³-hybridized carbons (Fsp3) is 0.538. The summed E-state index contributed by atoms with van der Waals surface area (Å²) in [6, 6.07) is 31.1. The maximum absolute atomic E-state index is 16.0. The second kappa shape index (κ2) is 43.7. The predicted octanol–water partition coefficient (Wildman–Crippen LogP) is 19.6. The molecular weight excluding hydrogens is 2100 g/mol. The minimum Gasteiger partial charge on any atom is -0.485 e. The fourth-order valence-corrected chi connectivity index (χ4v) is 25.0. The second-order valence-electron chi connectivity index (χ2n) is 40.4. The Labute approximate surface area is 858 Å². The molecule has 39 heteroatoms. The second-order valence-corrected chi connectivity index (χ2v) is 43.1. The topological polar surface area (TPSA) is 352 Å². The van der Waals surface area contributed by atoms with Crippen LogP contribution in [-0.2, 0) is 79.4 Å². The number of phosphoric ester groups is 1. The van der Waals surface area contributed by atoms with E-state index in [-0.39, 0.29) is 101 Å². The smallest absolute Gasteiger partial charge is 0.475 e. The third-order valence-electron chi connectivity index (χ3n) is 28.3. The van der Waals surface area contributed by atoms with Crippen LogP contribution in [0, 0.1) is 49.0 Å². The molecule has 6 fully saturated rings. The van der Waals surface area contributed by atoms with E-state index in [0.717, 1.165) is 12.0 Å². The van der Waals surface area contributed by atoms with Crippen LogP contribution in [0.4, 0.5) is 22.7 Å². The minimum absolute atomic E-state index is 0.000701. The summed E-state index contributed by atoms with van der Waals surface area (Å²) in [6.07, 6.45) is 0.747. The van der Waals surface area contributed by atoms with Crippen LogP contribution in [0.5, 0.6) is 34.5 Å². The Morgan fingerprint density at radius 3 is 0.853 bits per heavy atom. The molecule has 6 amide bonds. The SMILES string of the molecule is II.[C-]#[N+]c1ccc2c(c1)[C@@H](N1CCCC1=O)[C@H](OCCOCCOP(=O)(O[C@H]1[C@H](N3CCCC3=O)c3cc(C#N)ccc3OC1(C)C)O[C@H]1[C@H](N3CCCC3=O)c3cc([N+]#[C-])ccc3OC1(C)C)C(C)(C)O2.[C-]#[N+]c1ccc2c(c1)[C@@H](N1CCCC1=O)[C@H](OCCOCCOP(O[C@H]1[C@H](N3CCCC3=O)c3cc(C#N)ccc3OC1(C)C)O[C@H]1[C@H](N3CCCC3=O)c3cc([N+]#[C-])ccc3OC1(C)C)C(C)(C)O2. The number of rotatable bonds is 30. The molecule has 6 saturated heterocycles. The van der Waals surface area contributed by atoms with Gasteiger partial charge in [0.1, 0.15) is 105 Å². The van der Waals surface area contributed by atoms with Crippen molar-refractivity contribution in [2.75, 3.05) is 92.1 Å². The molecular formula is C104H118I2N12O23P2. The number of hydrogen-bond acceptors (Lipinski definition) is 25. The quantitative estimate of drug-likeness (QED) is 0.0175. The van der Waals surface area contributed by atoms with Crippen LogP contribution in [0.1, 0.15) is 241 Å². The number of fused-ring (bicyclic) bond motifs is 6. The Hall–Kier alpha value is -10.4. The first kappa shape index (κ1) is 105. The summed E-state index contributed by atoms with van der Waals surface area (Å²) in [7, 11) is -7.25. The van der Waals surface area contributed by atoms with Crippen LogP contribution < -0.4 is 28.4 Å². The van der Waals surface area contributed by atoms with E-state index < -0.39 is 123 Å². The van der Waals surface area contributed by atoms with E-state index in [4.69, 9.17) is 101 Å². The van der Waals surface area contributed by atoms with Crippen LogP contribution >= 0.6 is 53.7 Å². The monoisotopic (exact) mass is 2220 g/mol. The molecule has 6 aromatic rings. The van der Waals surface area contributed by atoms with E-state index in [1.165, 1.54) is 0 Å². The summed E-state index contributed by atoms with van der Waals surface area (Å²) in [5, 5.41) is 19.9. The maximum atomic E-state index is 16.0. The van der Waals surface area contributed by atoms with E-state index in [2.05, 4.69) is 68.8 Å². The van der Waals surface area contributed by atoms with E-state index >= 15 is 4.57 Å². The number of phosphoric acid groups is 1. The van der Waals surface area contributed by atoms with Gasteiger partial charge in [0.05, 0.1) is 139 Å². The highest BCUT2D eigenvalue weighted by molar-refractivity contribution is 15.0. The van der Waals surface area contributed by atoms with Crippen LogP contribution in [-0.4, -0.2) is 227 Å². The number of hydrogen-bond donors (Lipinski definition) is 0. The van der Waals surface area contributed by atoms with Gasteiger partial charge in [0.25, 0.3) is 0 Å². The molecule has 2 unspecified atom stereocenters. The van der Waals surface area contributed by atoms with Gasteiger partial charge >= 0.3 is 16.4 Å². The summed E-state index contributed by atoms with van der Waals surface area (Å²) in [5.74, 6) is 2.80. The molecule has 0 aliphatic carbocycles. The number of nitrogens with zero attached hydrogens (tertiary/aromatic N) is 12. The van der Waals surface area contributed by atoms with Crippen LogP contribution in [0.25, 0.3) is 19.4 Å². The lowest BCUT2D eigenvalue weighted by molar-refractivity contribution is -0.152. The third kappa shape index (κ3) is 22.1. The fourth-order valence-electron chi connectivity index (χ4n) is 21.7. The Morgan fingerprint density at radius 1 is 0.350 bits per heavy atom. The van der Waals surface area contributed by atoms with Gasteiger partial charge in [0.15, 0.2) is 22.7 Å². The van der Waals surface area contributed by atoms with Crippen molar-refractivity contribution in [1.29, 1.82) is 10.5 Å². The van der Waals surface area contributed by atoms with Crippen LogP contribution in [0.15, 0.2) is 109 Å². The standard InChI is InChI=1S/C52H59N6O12P.C52H59N6O11P.I2/c1-50(2)47(44(56-21-9-12-41(56)59)36-29-33(54-7)16-19-39(36)66-50)64-26-24-63-25-27-65-71(62,69-48-45(57-22-10-13-42(57)60)35-28-32(31-53)15-18-38(35)67-51(48,3)4)70-49-46(58-23-11-14-43(58)61)37-30-34(55-8)17-20-40(37)68-52(49,5)6;1-50(2)47(44(56-21-9-12-41(56)59)36-29-33(54-7)16-19-39(36)65-50)63-26-24-62-25-27-64-70(68-48-45(57-22-10-13-42(57)60)35-28-32(31-53)15-18-38(35)66-51(48,3)4)69-49-46(58-23-11-14-43(58)61)37-30-34(55-8)17-20-40(37)67-52(49,5)6;1-2/h15-20,28-30,44-49H,9-14,21-27H2,1-6H3;15-20,28-30,44-49H,9-14,21-27H2,1-6H3;/t44-,45-,46-,47+,48+,49+,71?;44-,45-,46-,47+,48+,49+,70?;/m11./s1. The molecule has 18 rings (SSSR count). The molecule has 12 aliphatic rings. The molecule has 0 saturated carbocycles. The molecule has 756 valence electrons. The zero-order valence-electron chi connectivity index (χ0n) is 82.1. The summed E-state index contributed by atoms with van der Waals surface area (Å²) in [6.45, 7) is 56.0. The minimum atomic E-state index is -4.88. The molecule has 6 aromatic carbocycles. The number of carbonyl (C=O) groups is 6. The molecule has 0 radical (unpaired) electrons. The van der Waals surface area contributed by atoms with Crippen molar-refractivity contribution in [1.82, 2.24) is 29.4 Å². The normalized spacial score (nSPS) is 26.2. The average molecular weight is 2220 g/mol. The van der Waals surface area contributed by atoms with Gasteiger partial charge in [-0.05, 0) is 207 Å². The summed E-state index contributed by atoms with van der Waals surface area (Å²) in [5.41, 5.74) is -0.295. The van der Waals surface area contributed by atoms with Gasteiger partial charge < -0.3 is 90.3 Å². The van der Waals surface area contributed by atoms with Crippen molar-refractivity contribution in [2.45, 2.75) is 267 Å². The Morgan fingerprint density at radius 2 is 0.587 bits per heavy atom. The highest BCUT2D eigenvalue weighted by atomic mass is 128. The lowest BCUT2D eigenvalue weighted by Crippen LogP contribution is -2.56. The summed E-state index contributed by atoms with van der Waals surface area (Å²) in [4.78, 5) is 106. The first-order valence-electron chi connectivity index (χ1n) is 48.4. The van der Waals surface area contributed by atoms with Gasteiger partial charge in [-0.3, -0.25) is 42.3 Å². The molecule has 12 aliphatic heterocycles. The van der Waals surface area contributed by atoms with E-state index in [1.807, 2.05) is 65.2 Å². The number of halogens is 2. The van der Waals surface area contributed by atoms with Gasteiger partial charge in [-0.2, -0.15) is 10.5 Å². The molecule has 35 nitrogen and oxygen atoms in total. The lowest BCUT2D eigenvalue weighted by atomic mass is 9.85. The number of benzene rings is 6. The zero-order chi connectivity index (χ0) is 102. The van der Waals surface area contributed by atoms with Crippen LogP contribution in [0.2, 0.25) is 0 Å². The van der Waals surface area contributed by atoms with E-state index in [0.29, 0.717) is 193 Å². The average Bonchev–Trinajstić information content (AvgIpc) is 1.60. The number of likely N-dealkylation sites (tertiary alicyclic amines) is 6. The van der Waals surface area contributed by atoms with Crippen LogP contribution in [0.3, 0.4) is 0 Å². The number of amides is 6. The first-order chi connectivity index (χ1) is 68.4. The largest absolute Gasteiger partial charge is 0.485 e.